The van der Waals surface area contributed by atoms with Gasteiger partial charge in [0.05, 0.1) is 12.1 Å². The normalized spacial score (nSPS) is 12.2. The fraction of sp³-hybridized carbons (Fsp3) is 0.111. The standard InChI is InChI=1S/C18H13ClN2O3S/c19-14-8-16-15(23-10-24-16)5-12(14)6-18(22)21-13-7-17(25-9-13)11-1-3-20-4-2-11/h1-5,7-9H,6,10H2,(H,21,22). The second kappa shape index (κ2) is 6.74. The van der Waals surface area contributed by atoms with Crippen LogP contribution >= 0.6 is 22.9 Å². The fourth-order valence-electron chi connectivity index (χ4n) is 2.54. The molecule has 25 heavy (non-hydrogen) atoms. The number of ether oxygens (including phenoxy) is 2. The van der Waals surface area contributed by atoms with Gasteiger partial charge in [-0.15, -0.1) is 11.3 Å². The van der Waals surface area contributed by atoms with Crippen LogP contribution in [0.3, 0.4) is 0 Å². The molecule has 4 rings (SSSR count). The van der Waals surface area contributed by atoms with E-state index in [9.17, 15) is 4.79 Å². The average molecular weight is 373 g/mol. The molecule has 126 valence electrons. The minimum absolute atomic E-state index is 0.139. The molecule has 3 heterocycles. The van der Waals surface area contributed by atoms with Crippen molar-refractivity contribution >= 4 is 34.5 Å². The van der Waals surface area contributed by atoms with E-state index < -0.39 is 0 Å². The zero-order valence-electron chi connectivity index (χ0n) is 13.0. The van der Waals surface area contributed by atoms with Crippen LogP contribution in [0.5, 0.6) is 11.5 Å². The van der Waals surface area contributed by atoms with E-state index in [-0.39, 0.29) is 19.1 Å². The van der Waals surface area contributed by atoms with Crippen LogP contribution in [0.1, 0.15) is 5.56 Å². The molecule has 1 amide bonds. The lowest BCUT2D eigenvalue weighted by atomic mass is 10.1. The predicted molar refractivity (Wildman–Crippen MR) is 97.5 cm³/mol. The molecular formula is C18H13ClN2O3S. The summed E-state index contributed by atoms with van der Waals surface area (Å²) >= 11 is 7.78. The van der Waals surface area contributed by atoms with Crippen LogP contribution in [0.2, 0.25) is 5.02 Å². The molecule has 1 N–H and O–H groups in total. The Morgan fingerprint density at radius 3 is 2.76 bits per heavy atom. The Labute approximate surface area is 153 Å². The zero-order valence-corrected chi connectivity index (χ0v) is 14.6. The molecule has 0 saturated carbocycles. The number of hydrogen-bond acceptors (Lipinski definition) is 5. The maximum Gasteiger partial charge on any atom is 0.231 e. The molecule has 3 aromatic rings. The number of fused-ring (bicyclic) bond motifs is 1. The predicted octanol–water partition coefficient (Wildman–Crippen LogP) is 4.37. The van der Waals surface area contributed by atoms with Crippen molar-refractivity contribution in [2.24, 2.45) is 0 Å². The van der Waals surface area contributed by atoms with Crippen LogP contribution in [0, 0.1) is 0 Å². The van der Waals surface area contributed by atoms with Gasteiger partial charge in [0.15, 0.2) is 11.5 Å². The molecule has 0 unspecified atom stereocenters. The van der Waals surface area contributed by atoms with Crippen LogP contribution < -0.4 is 14.8 Å². The first kappa shape index (κ1) is 15.9. The lowest BCUT2D eigenvalue weighted by Gasteiger charge is -2.06. The summed E-state index contributed by atoms with van der Waals surface area (Å²) in [7, 11) is 0. The number of benzene rings is 1. The van der Waals surface area contributed by atoms with Crippen LogP contribution in [0.15, 0.2) is 48.1 Å². The van der Waals surface area contributed by atoms with Crippen LogP contribution in [0.4, 0.5) is 5.69 Å². The van der Waals surface area contributed by atoms with Gasteiger partial charge in [-0.05, 0) is 35.4 Å². The molecule has 5 nitrogen and oxygen atoms in total. The number of nitrogens with zero attached hydrogens (tertiary/aromatic N) is 1. The Hall–Kier alpha value is -2.57. The minimum Gasteiger partial charge on any atom is -0.454 e. The van der Waals surface area contributed by atoms with Crippen molar-refractivity contribution in [1.82, 2.24) is 4.98 Å². The summed E-state index contributed by atoms with van der Waals surface area (Å²) in [4.78, 5) is 17.4. The number of pyridine rings is 1. The van der Waals surface area contributed by atoms with Gasteiger partial charge < -0.3 is 14.8 Å². The maximum absolute atomic E-state index is 12.3. The maximum atomic E-state index is 12.3. The first-order valence-electron chi connectivity index (χ1n) is 7.56. The van der Waals surface area contributed by atoms with E-state index in [2.05, 4.69) is 10.3 Å². The molecule has 1 aliphatic rings. The third kappa shape index (κ3) is 3.45. The number of amides is 1. The smallest absolute Gasteiger partial charge is 0.231 e. The number of hydrogen-bond donors (Lipinski definition) is 1. The summed E-state index contributed by atoms with van der Waals surface area (Å²) in [5.41, 5.74) is 2.53. The Kier molecular flexibility index (Phi) is 4.29. The highest BCUT2D eigenvalue weighted by Gasteiger charge is 2.18. The minimum atomic E-state index is -0.139. The second-order valence-corrected chi connectivity index (χ2v) is 6.78. The molecule has 0 fully saturated rings. The van der Waals surface area contributed by atoms with Crippen LogP contribution in [-0.2, 0) is 11.2 Å². The molecule has 0 spiro atoms. The van der Waals surface area contributed by atoms with Crippen molar-refractivity contribution in [3.05, 3.63) is 58.7 Å². The quantitative estimate of drug-likeness (QED) is 0.738. The van der Waals surface area contributed by atoms with Crippen LogP contribution in [0.25, 0.3) is 10.4 Å². The number of carbonyl (C=O) groups is 1. The number of rotatable bonds is 4. The Bertz CT molecular complexity index is 927. The van der Waals surface area contributed by atoms with Gasteiger partial charge in [-0.2, -0.15) is 0 Å². The number of aromatic nitrogens is 1. The van der Waals surface area contributed by atoms with Crippen molar-refractivity contribution in [3.63, 3.8) is 0 Å². The summed E-state index contributed by atoms with van der Waals surface area (Å²) in [5.74, 6) is 1.08. The van der Waals surface area contributed by atoms with Crippen molar-refractivity contribution in [2.45, 2.75) is 6.42 Å². The third-order valence-corrected chi connectivity index (χ3v) is 5.07. The summed E-state index contributed by atoms with van der Waals surface area (Å²) in [6.45, 7) is 0.175. The molecule has 0 radical (unpaired) electrons. The summed E-state index contributed by atoms with van der Waals surface area (Å²) in [6, 6.07) is 9.24. The van der Waals surface area contributed by atoms with E-state index in [1.165, 1.54) is 0 Å². The summed E-state index contributed by atoms with van der Waals surface area (Å²) < 4.78 is 10.6. The SMILES string of the molecule is O=C(Cc1cc2c(cc1Cl)OCO2)Nc1csc(-c2ccncc2)c1. The third-order valence-electron chi connectivity index (χ3n) is 3.74. The van der Waals surface area contributed by atoms with Gasteiger partial charge in [0, 0.05) is 33.7 Å². The van der Waals surface area contributed by atoms with E-state index >= 15 is 0 Å². The first-order valence-corrected chi connectivity index (χ1v) is 8.81. The molecule has 7 heteroatoms. The van der Waals surface area contributed by atoms with Gasteiger partial charge in [-0.3, -0.25) is 9.78 Å². The molecule has 2 aromatic heterocycles. The topological polar surface area (TPSA) is 60.5 Å². The molecule has 0 saturated heterocycles. The van der Waals surface area contributed by atoms with Gasteiger partial charge in [0.2, 0.25) is 12.7 Å². The highest BCUT2D eigenvalue weighted by atomic mass is 35.5. The van der Waals surface area contributed by atoms with E-state index in [1.807, 2.05) is 23.6 Å². The molecule has 0 atom stereocenters. The summed E-state index contributed by atoms with van der Waals surface area (Å²) in [6.07, 6.45) is 3.65. The van der Waals surface area contributed by atoms with Gasteiger partial charge >= 0.3 is 0 Å². The number of nitrogens with one attached hydrogen (secondary N) is 1. The average Bonchev–Trinajstić information content (AvgIpc) is 3.25. The largest absolute Gasteiger partial charge is 0.454 e. The number of thiophene rings is 1. The highest BCUT2D eigenvalue weighted by Crippen LogP contribution is 2.37. The van der Waals surface area contributed by atoms with Gasteiger partial charge in [-0.1, -0.05) is 11.6 Å². The Balaban J connectivity index is 1.46. The zero-order chi connectivity index (χ0) is 17.2. The lowest BCUT2D eigenvalue weighted by molar-refractivity contribution is -0.115. The fourth-order valence-corrected chi connectivity index (χ4v) is 3.61. The van der Waals surface area contributed by atoms with Crippen molar-refractivity contribution < 1.29 is 14.3 Å². The Morgan fingerprint density at radius 1 is 1.20 bits per heavy atom. The number of anilines is 1. The van der Waals surface area contributed by atoms with Crippen molar-refractivity contribution in [2.75, 3.05) is 12.1 Å². The molecule has 0 bridgehead atoms. The van der Waals surface area contributed by atoms with Crippen molar-refractivity contribution in [1.29, 1.82) is 0 Å². The monoisotopic (exact) mass is 372 g/mol. The van der Waals surface area contributed by atoms with E-state index in [0.717, 1.165) is 16.1 Å². The molecule has 0 aliphatic carbocycles. The first-order chi connectivity index (χ1) is 12.2. The molecular weight excluding hydrogens is 360 g/mol. The molecule has 1 aliphatic heterocycles. The lowest BCUT2D eigenvalue weighted by Crippen LogP contribution is -2.14. The van der Waals surface area contributed by atoms with Gasteiger partial charge in [0.1, 0.15) is 0 Å². The summed E-state index contributed by atoms with van der Waals surface area (Å²) in [5, 5.41) is 5.30. The number of halogens is 1. The van der Waals surface area contributed by atoms with E-state index in [0.29, 0.717) is 22.1 Å². The number of carbonyl (C=O) groups excluding carboxylic acids is 1. The second-order valence-electron chi connectivity index (χ2n) is 5.46. The Morgan fingerprint density at radius 2 is 1.96 bits per heavy atom. The van der Waals surface area contributed by atoms with Gasteiger partial charge in [0.25, 0.3) is 0 Å². The molecule has 1 aromatic carbocycles. The highest BCUT2D eigenvalue weighted by molar-refractivity contribution is 7.14. The van der Waals surface area contributed by atoms with E-state index in [1.54, 1.807) is 35.9 Å². The van der Waals surface area contributed by atoms with Crippen molar-refractivity contribution in [3.8, 4) is 21.9 Å². The van der Waals surface area contributed by atoms with Gasteiger partial charge in [-0.25, -0.2) is 0 Å². The van der Waals surface area contributed by atoms with E-state index in [4.69, 9.17) is 21.1 Å². The van der Waals surface area contributed by atoms with Crippen LogP contribution in [-0.4, -0.2) is 17.7 Å².